The van der Waals surface area contributed by atoms with Crippen LogP contribution in [0, 0.1) is 11.8 Å². The molecule has 0 amide bonds. The van der Waals surface area contributed by atoms with Gasteiger partial charge in [-0.15, -0.1) is 0 Å². The minimum Gasteiger partial charge on any atom is -0.481 e. The SMILES string of the molecule is CC/C=C\CC(O)/C=C/[C@H](C=O)[C@@H](C/C=C\C/C=C\CCC(=O)O)C(C)=O. The van der Waals surface area contributed by atoms with E-state index in [1.807, 2.05) is 43.4 Å². The summed E-state index contributed by atoms with van der Waals surface area (Å²) in [6.45, 7) is 3.48. The number of carboxylic acids is 1. The van der Waals surface area contributed by atoms with Crippen LogP contribution in [-0.2, 0) is 14.4 Å². The number of allylic oxidation sites excluding steroid dienone is 6. The normalized spacial score (nSPS) is 15.7. The molecule has 0 aromatic rings. The van der Waals surface area contributed by atoms with Crippen LogP contribution in [0.3, 0.4) is 0 Å². The lowest BCUT2D eigenvalue weighted by molar-refractivity contribution is -0.136. The molecule has 0 fully saturated rings. The van der Waals surface area contributed by atoms with Crippen LogP contribution in [0.4, 0.5) is 0 Å². The Kier molecular flexibility index (Phi) is 14.6. The Morgan fingerprint density at radius 1 is 0.963 bits per heavy atom. The number of hydrogen-bond acceptors (Lipinski definition) is 4. The number of aliphatic hydroxyl groups excluding tert-OH is 1. The first-order valence-corrected chi connectivity index (χ1v) is 9.41. The van der Waals surface area contributed by atoms with E-state index in [0.29, 0.717) is 25.7 Å². The summed E-state index contributed by atoms with van der Waals surface area (Å²) < 4.78 is 0. The number of Topliss-reactive ketones (excluding diaryl/α,β-unsaturated/α-hetero) is 1. The third kappa shape index (κ3) is 13.6. The third-order valence-electron chi connectivity index (χ3n) is 4.00. The molecule has 5 nitrogen and oxygen atoms in total. The molecule has 0 aromatic heterocycles. The maximum absolute atomic E-state index is 11.9. The van der Waals surface area contributed by atoms with Crippen LogP contribution in [0.5, 0.6) is 0 Å². The molecule has 0 aromatic carbocycles. The van der Waals surface area contributed by atoms with E-state index >= 15 is 0 Å². The quantitative estimate of drug-likeness (QED) is 0.332. The van der Waals surface area contributed by atoms with E-state index in [-0.39, 0.29) is 12.2 Å². The fraction of sp³-hybridized carbons (Fsp3) is 0.500. The summed E-state index contributed by atoms with van der Waals surface area (Å²) in [5, 5.41) is 18.4. The Morgan fingerprint density at radius 3 is 2.22 bits per heavy atom. The van der Waals surface area contributed by atoms with E-state index < -0.39 is 23.9 Å². The second-order valence-corrected chi connectivity index (χ2v) is 6.34. The molecular formula is C22H32O5. The molecule has 0 radical (unpaired) electrons. The monoisotopic (exact) mass is 376 g/mol. The standard InChI is InChI=1S/C22H32O5/c1-3-4-9-12-20(25)16-15-19(17-23)21(18(2)24)13-10-7-5-6-8-11-14-22(26)27/h4,6-10,15-17,19-21,25H,3,5,11-14H2,1-2H3,(H,26,27)/b8-6-,9-4-,10-7-,16-15+/t19-,20?,21+/m1/s1. The Bertz CT molecular complexity index is 557. The lowest BCUT2D eigenvalue weighted by Crippen LogP contribution is -2.21. The lowest BCUT2D eigenvalue weighted by atomic mass is 9.86. The highest BCUT2D eigenvalue weighted by Gasteiger charge is 2.22. The summed E-state index contributed by atoms with van der Waals surface area (Å²) in [6, 6.07) is 0. The number of carboxylic acid groups (broad SMARTS) is 1. The molecule has 0 heterocycles. The number of carbonyl (C=O) groups is 3. The van der Waals surface area contributed by atoms with Gasteiger partial charge in [-0.1, -0.05) is 55.5 Å². The van der Waals surface area contributed by atoms with Gasteiger partial charge in [0.15, 0.2) is 0 Å². The smallest absolute Gasteiger partial charge is 0.303 e. The molecule has 0 spiro atoms. The Balaban J connectivity index is 4.58. The first kappa shape index (κ1) is 24.7. The first-order chi connectivity index (χ1) is 12.9. The highest BCUT2D eigenvalue weighted by Crippen LogP contribution is 2.19. The van der Waals surface area contributed by atoms with Gasteiger partial charge in [0.05, 0.1) is 6.10 Å². The van der Waals surface area contributed by atoms with Crippen molar-refractivity contribution in [2.24, 2.45) is 11.8 Å². The molecule has 0 aliphatic carbocycles. The summed E-state index contributed by atoms with van der Waals surface area (Å²) in [6.07, 6.45) is 17.6. The molecule has 27 heavy (non-hydrogen) atoms. The number of aldehydes is 1. The van der Waals surface area contributed by atoms with Crippen molar-refractivity contribution in [3.05, 3.63) is 48.6 Å². The van der Waals surface area contributed by atoms with Crippen molar-refractivity contribution in [3.8, 4) is 0 Å². The van der Waals surface area contributed by atoms with E-state index in [9.17, 15) is 19.5 Å². The van der Waals surface area contributed by atoms with Crippen molar-refractivity contribution in [2.45, 2.75) is 58.5 Å². The van der Waals surface area contributed by atoms with Gasteiger partial charge in [-0.2, -0.15) is 0 Å². The molecule has 0 aliphatic rings. The van der Waals surface area contributed by atoms with Crippen molar-refractivity contribution in [1.82, 2.24) is 0 Å². The molecule has 5 heteroatoms. The van der Waals surface area contributed by atoms with E-state index in [1.54, 1.807) is 12.2 Å². The summed E-state index contributed by atoms with van der Waals surface area (Å²) >= 11 is 0. The van der Waals surface area contributed by atoms with Crippen molar-refractivity contribution in [1.29, 1.82) is 0 Å². The molecule has 0 rings (SSSR count). The lowest BCUT2D eigenvalue weighted by Gasteiger charge is -2.16. The molecule has 150 valence electrons. The van der Waals surface area contributed by atoms with Crippen LogP contribution in [0.2, 0.25) is 0 Å². The first-order valence-electron chi connectivity index (χ1n) is 9.41. The Labute approximate surface area is 162 Å². The second kappa shape index (κ2) is 15.9. The number of ketones is 1. The zero-order valence-electron chi connectivity index (χ0n) is 16.3. The minimum absolute atomic E-state index is 0.0706. The van der Waals surface area contributed by atoms with Gasteiger partial charge in [-0.25, -0.2) is 0 Å². The molecular weight excluding hydrogens is 344 g/mol. The maximum atomic E-state index is 11.9. The number of hydrogen-bond donors (Lipinski definition) is 2. The number of carbonyl (C=O) groups excluding carboxylic acids is 2. The van der Waals surface area contributed by atoms with E-state index in [1.165, 1.54) is 6.92 Å². The zero-order valence-corrected chi connectivity index (χ0v) is 16.3. The van der Waals surface area contributed by atoms with Crippen LogP contribution >= 0.6 is 0 Å². The Hall–Kier alpha value is -2.27. The van der Waals surface area contributed by atoms with Crippen LogP contribution < -0.4 is 0 Å². The average Bonchev–Trinajstić information content (AvgIpc) is 2.62. The van der Waals surface area contributed by atoms with Crippen molar-refractivity contribution < 1.29 is 24.6 Å². The predicted octanol–water partition coefficient (Wildman–Crippen LogP) is 4.04. The number of aliphatic hydroxyl groups is 1. The van der Waals surface area contributed by atoms with Crippen LogP contribution in [0.25, 0.3) is 0 Å². The van der Waals surface area contributed by atoms with Gasteiger partial charge in [-0.3, -0.25) is 9.59 Å². The summed E-state index contributed by atoms with van der Waals surface area (Å²) in [7, 11) is 0. The number of aliphatic carboxylic acids is 1. The number of rotatable bonds is 15. The molecule has 2 N–H and O–H groups in total. The predicted molar refractivity (Wildman–Crippen MR) is 107 cm³/mol. The maximum Gasteiger partial charge on any atom is 0.303 e. The zero-order chi connectivity index (χ0) is 20.5. The van der Waals surface area contributed by atoms with Gasteiger partial charge in [0.25, 0.3) is 0 Å². The minimum atomic E-state index is -0.820. The Morgan fingerprint density at radius 2 is 1.63 bits per heavy atom. The molecule has 0 bridgehead atoms. The van der Waals surface area contributed by atoms with E-state index in [4.69, 9.17) is 5.11 Å². The molecule has 1 unspecified atom stereocenters. The van der Waals surface area contributed by atoms with Crippen LogP contribution in [-0.4, -0.2) is 34.4 Å². The van der Waals surface area contributed by atoms with Gasteiger partial charge in [0.1, 0.15) is 12.1 Å². The van der Waals surface area contributed by atoms with E-state index in [0.717, 1.165) is 12.7 Å². The van der Waals surface area contributed by atoms with Crippen molar-refractivity contribution in [2.75, 3.05) is 0 Å². The highest BCUT2D eigenvalue weighted by atomic mass is 16.4. The fourth-order valence-electron chi connectivity index (χ4n) is 2.44. The fourth-order valence-corrected chi connectivity index (χ4v) is 2.44. The third-order valence-corrected chi connectivity index (χ3v) is 4.00. The van der Waals surface area contributed by atoms with Gasteiger partial charge in [0.2, 0.25) is 0 Å². The molecule has 3 atom stereocenters. The van der Waals surface area contributed by atoms with Gasteiger partial charge >= 0.3 is 5.97 Å². The molecule has 0 saturated carbocycles. The van der Waals surface area contributed by atoms with Crippen molar-refractivity contribution >= 4 is 18.0 Å². The average molecular weight is 376 g/mol. The summed E-state index contributed by atoms with van der Waals surface area (Å²) in [5.41, 5.74) is 0. The molecule has 0 saturated heterocycles. The second-order valence-electron chi connectivity index (χ2n) is 6.34. The summed E-state index contributed by atoms with van der Waals surface area (Å²) in [5.74, 6) is -1.91. The largest absolute Gasteiger partial charge is 0.481 e. The van der Waals surface area contributed by atoms with Gasteiger partial charge < -0.3 is 15.0 Å². The van der Waals surface area contributed by atoms with Crippen LogP contribution in [0.15, 0.2) is 48.6 Å². The van der Waals surface area contributed by atoms with Gasteiger partial charge in [0, 0.05) is 18.3 Å². The topological polar surface area (TPSA) is 91.7 Å². The van der Waals surface area contributed by atoms with Crippen molar-refractivity contribution in [3.63, 3.8) is 0 Å². The van der Waals surface area contributed by atoms with Gasteiger partial charge in [-0.05, 0) is 39.0 Å². The van der Waals surface area contributed by atoms with Crippen LogP contribution in [0.1, 0.15) is 52.4 Å². The molecule has 0 aliphatic heterocycles. The highest BCUT2D eigenvalue weighted by molar-refractivity contribution is 5.82. The van der Waals surface area contributed by atoms with E-state index in [2.05, 4.69) is 0 Å². The summed E-state index contributed by atoms with van der Waals surface area (Å²) in [4.78, 5) is 33.7.